The maximum atomic E-state index is 13.0. The molecule has 0 spiro atoms. The van der Waals surface area contributed by atoms with E-state index < -0.39 is 10.0 Å². The van der Waals surface area contributed by atoms with E-state index in [1.807, 2.05) is 29.2 Å². The number of rotatable bonds is 4. The number of carbonyl (C=O) groups excluding carboxylic acids is 1. The quantitative estimate of drug-likeness (QED) is 0.582. The molecule has 0 fully saturated rings. The van der Waals surface area contributed by atoms with E-state index in [0.717, 1.165) is 27.8 Å². The fraction of sp³-hybridized carbons (Fsp3) is 0.160. The van der Waals surface area contributed by atoms with Crippen LogP contribution in [0.1, 0.15) is 16.7 Å². The van der Waals surface area contributed by atoms with Crippen molar-refractivity contribution in [2.24, 2.45) is 0 Å². The molecule has 0 bridgehead atoms. The number of hydrogen-bond acceptors (Lipinski definition) is 3. The number of sulfonamides is 1. The topological polar surface area (TPSA) is 57.7 Å². The largest absolute Gasteiger partial charge is 0.330 e. The fourth-order valence-electron chi connectivity index (χ4n) is 3.70. The van der Waals surface area contributed by atoms with Gasteiger partial charge in [0.05, 0.1) is 4.90 Å². The van der Waals surface area contributed by atoms with E-state index in [0.29, 0.717) is 13.1 Å². The summed E-state index contributed by atoms with van der Waals surface area (Å²) in [5, 5.41) is 0. The van der Waals surface area contributed by atoms with Crippen LogP contribution in [-0.4, -0.2) is 37.6 Å². The molecule has 0 saturated heterocycles. The molecule has 3 aromatic carbocycles. The molecule has 4 rings (SSSR count). The van der Waals surface area contributed by atoms with Gasteiger partial charge in [0.15, 0.2) is 0 Å². The lowest BCUT2D eigenvalue weighted by molar-refractivity contribution is -0.127. The van der Waals surface area contributed by atoms with Crippen LogP contribution in [0.25, 0.3) is 17.2 Å². The zero-order chi connectivity index (χ0) is 22.0. The molecule has 1 aliphatic rings. The highest BCUT2D eigenvalue weighted by Gasteiger charge is 2.21. The SMILES string of the molecule is CN(C)S(=O)(=O)c1ccc(C=CC(=O)N2Cc3ccccc3-c3ccccc3C2)cc1. The number of hydrogen-bond donors (Lipinski definition) is 0. The third-order valence-corrected chi connectivity index (χ3v) is 7.27. The Balaban J connectivity index is 1.56. The molecule has 6 heteroatoms. The molecule has 1 aliphatic heterocycles. The van der Waals surface area contributed by atoms with Crippen molar-refractivity contribution in [2.45, 2.75) is 18.0 Å². The van der Waals surface area contributed by atoms with Crippen LogP contribution in [0.5, 0.6) is 0 Å². The summed E-state index contributed by atoms with van der Waals surface area (Å²) in [5.74, 6) is -0.0866. The van der Waals surface area contributed by atoms with Crippen LogP contribution in [0.4, 0.5) is 0 Å². The molecule has 5 nitrogen and oxygen atoms in total. The predicted molar refractivity (Wildman–Crippen MR) is 122 cm³/mol. The van der Waals surface area contributed by atoms with Crippen LogP contribution in [-0.2, 0) is 27.9 Å². The lowest BCUT2D eigenvalue weighted by Gasteiger charge is -2.19. The Labute approximate surface area is 183 Å². The standard InChI is InChI=1S/C25H24N2O3S/c1-26(2)31(29,30)22-14-11-19(12-15-22)13-16-25(28)27-17-20-7-3-5-9-23(20)24-10-6-4-8-21(24)18-27/h3-16H,17-18H2,1-2H3. The molecule has 0 aromatic heterocycles. The Morgan fingerprint density at radius 3 is 1.87 bits per heavy atom. The minimum Gasteiger partial charge on any atom is -0.330 e. The Bertz CT molecular complexity index is 1200. The van der Waals surface area contributed by atoms with Crippen molar-refractivity contribution >= 4 is 22.0 Å². The van der Waals surface area contributed by atoms with E-state index in [4.69, 9.17) is 0 Å². The molecule has 158 valence electrons. The molecular formula is C25H24N2O3S. The third-order valence-electron chi connectivity index (χ3n) is 5.44. The first-order valence-electron chi connectivity index (χ1n) is 10.0. The second kappa shape index (κ2) is 8.49. The van der Waals surface area contributed by atoms with Crippen molar-refractivity contribution in [1.29, 1.82) is 0 Å². The van der Waals surface area contributed by atoms with Gasteiger partial charge in [0.2, 0.25) is 15.9 Å². The van der Waals surface area contributed by atoms with Gasteiger partial charge in [-0.3, -0.25) is 4.79 Å². The fourth-order valence-corrected chi connectivity index (χ4v) is 4.60. The van der Waals surface area contributed by atoms with E-state index >= 15 is 0 Å². The summed E-state index contributed by atoms with van der Waals surface area (Å²) < 4.78 is 25.6. The number of nitrogens with zero attached hydrogens (tertiary/aromatic N) is 2. The van der Waals surface area contributed by atoms with E-state index in [9.17, 15) is 13.2 Å². The Hall–Kier alpha value is -3.22. The summed E-state index contributed by atoms with van der Waals surface area (Å²) in [6.07, 6.45) is 3.27. The van der Waals surface area contributed by atoms with Gasteiger partial charge in [0.1, 0.15) is 0 Å². The Kier molecular flexibility index (Phi) is 5.76. The molecule has 31 heavy (non-hydrogen) atoms. The molecule has 3 aromatic rings. The van der Waals surface area contributed by atoms with Crippen LogP contribution < -0.4 is 0 Å². The Morgan fingerprint density at radius 2 is 1.35 bits per heavy atom. The van der Waals surface area contributed by atoms with Crippen molar-refractivity contribution in [3.8, 4) is 11.1 Å². The minimum absolute atomic E-state index is 0.0866. The van der Waals surface area contributed by atoms with Gasteiger partial charge in [-0.1, -0.05) is 60.7 Å². The van der Waals surface area contributed by atoms with Gasteiger partial charge >= 0.3 is 0 Å². The molecule has 1 amide bonds. The van der Waals surface area contributed by atoms with Crippen LogP contribution in [0.3, 0.4) is 0 Å². The summed E-state index contributed by atoms with van der Waals surface area (Å²) in [6, 6.07) is 22.9. The van der Waals surface area contributed by atoms with Crippen molar-refractivity contribution in [2.75, 3.05) is 14.1 Å². The third kappa shape index (κ3) is 4.31. The molecule has 0 N–H and O–H groups in total. The van der Waals surface area contributed by atoms with Crippen molar-refractivity contribution in [3.63, 3.8) is 0 Å². The van der Waals surface area contributed by atoms with E-state index in [1.54, 1.807) is 36.4 Å². The first-order valence-corrected chi connectivity index (χ1v) is 11.5. The van der Waals surface area contributed by atoms with Crippen molar-refractivity contribution in [3.05, 3.63) is 95.6 Å². The highest BCUT2D eigenvalue weighted by atomic mass is 32.2. The van der Waals surface area contributed by atoms with Crippen LogP contribution in [0, 0.1) is 0 Å². The van der Waals surface area contributed by atoms with Crippen LogP contribution >= 0.6 is 0 Å². The summed E-state index contributed by atoms with van der Waals surface area (Å²) in [7, 11) is -0.470. The summed E-state index contributed by atoms with van der Waals surface area (Å²) >= 11 is 0. The minimum atomic E-state index is -3.47. The van der Waals surface area contributed by atoms with Gasteiger partial charge < -0.3 is 4.90 Å². The number of fused-ring (bicyclic) bond motifs is 3. The zero-order valence-electron chi connectivity index (χ0n) is 17.5. The van der Waals surface area contributed by atoms with E-state index in [1.165, 1.54) is 18.4 Å². The Morgan fingerprint density at radius 1 is 0.839 bits per heavy atom. The predicted octanol–water partition coefficient (Wildman–Crippen LogP) is 4.16. The first-order chi connectivity index (χ1) is 14.9. The van der Waals surface area contributed by atoms with Gasteiger partial charge in [-0.05, 0) is 46.0 Å². The average Bonchev–Trinajstić information content (AvgIpc) is 2.94. The zero-order valence-corrected chi connectivity index (χ0v) is 18.3. The van der Waals surface area contributed by atoms with Crippen LogP contribution in [0.15, 0.2) is 83.8 Å². The van der Waals surface area contributed by atoms with Gasteiger partial charge in [-0.2, -0.15) is 0 Å². The lowest BCUT2D eigenvalue weighted by atomic mass is 9.97. The smallest absolute Gasteiger partial charge is 0.247 e. The molecule has 0 atom stereocenters. The maximum absolute atomic E-state index is 13.0. The average molecular weight is 433 g/mol. The molecule has 0 unspecified atom stereocenters. The maximum Gasteiger partial charge on any atom is 0.247 e. The molecule has 0 saturated carbocycles. The normalized spacial score (nSPS) is 13.7. The number of benzene rings is 3. The van der Waals surface area contributed by atoms with Gasteiger partial charge in [-0.15, -0.1) is 0 Å². The summed E-state index contributed by atoms with van der Waals surface area (Å²) in [4.78, 5) is 15.0. The first kappa shape index (κ1) is 21.0. The number of carbonyl (C=O) groups is 1. The van der Waals surface area contributed by atoms with Crippen molar-refractivity contribution in [1.82, 2.24) is 9.21 Å². The lowest BCUT2D eigenvalue weighted by Crippen LogP contribution is -2.27. The highest BCUT2D eigenvalue weighted by Crippen LogP contribution is 2.32. The van der Waals surface area contributed by atoms with E-state index in [-0.39, 0.29) is 10.8 Å². The van der Waals surface area contributed by atoms with Gasteiger partial charge in [0.25, 0.3) is 0 Å². The van der Waals surface area contributed by atoms with Crippen LogP contribution in [0.2, 0.25) is 0 Å². The van der Waals surface area contributed by atoms with Gasteiger partial charge in [-0.25, -0.2) is 12.7 Å². The summed E-state index contributed by atoms with van der Waals surface area (Å²) in [5.41, 5.74) is 5.33. The number of amides is 1. The molecule has 0 aliphatic carbocycles. The van der Waals surface area contributed by atoms with Crippen molar-refractivity contribution < 1.29 is 13.2 Å². The van der Waals surface area contributed by atoms with Gasteiger partial charge in [0, 0.05) is 33.3 Å². The summed E-state index contributed by atoms with van der Waals surface area (Å²) in [6.45, 7) is 1.07. The van der Waals surface area contributed by atoms with E-state index in [2.05, 4.69) is 24.3 Å². The molecule has 0 radical (unpaired) electrons. The highest BCUT2D eigenvalue weighted by molar-refractivity contribution is 7.89. The monoisotopic (exact) mass is 432 g/mol. The molecular weight excluding hydrogens is 408 g/mol. The second-order valence-electron chi connectivity index (χ2n) is 7.70. The second-order valence-corrected chi connectivity index (χ2v) is 9.85. The molecule has 1 heterocycles.